The maximum atomic E-state index is 12.4. The fraction of sp³-hybridized carbons (Fsp3) is 0.150. The van der Waals surface area contributed by atoms with E-state index in [9.17, 15) is 9.59 Å². The molecule has 0 saturated carbocycles. The minimum atomic E-state index is -0.346. The van der Waals surface area contributed by atoms with Gasteiger partial charge in [0.25, 0.3) is 11.5 Å². The van der Waals surface area contributed by atoms with E-state index < -0.39 is 0 Å². The van der Waals surface area contributed by atoms with Crippen molar-refractivity contribution < 1.29 is 4.79 Å². The molecule has 0 saturated heterocycles. The summed E-state index contributed by atoms with van der Waals surface area (Å²) in [6, 6.07) is 18.2. The van der Waals surface area contributed by atoms with Gasteiger partial charge in [-0.25, -0.2) is 4.68 Å². The van der Waals surface area contributed by atoms with Gasteiger partial charge >= 0.3 is 0 Å². The molecule has 25 heavy (non-hydrogen) atoms. The molecule has 1 N–H and O–H groups in total. The number of nitrogens with one attached hydrogen (secondary N) is 1. The number of amides is 1. The number of nitrogens with zero attached hydrogens (tertiary/aromatic N) is 2. The molecule has 0 bridgehead atoms. The fourth-order valence-corrected chi connectivity index (χ4v) is 2.50. The van der Waals surface area contributed by atoms with Crippen LogP contribution in [0.5, 0.6) is 0 Å². The summed E-state index contributed by atoms with van der Waals surface area (Å²) >= 11 is 0. The first-order valence-corrected chi connectivity index (χ1v) is 8.03. The van der Waals surface area contributed by atoms with Crippen LogP contribution in [0.2, 0.25) is 0 Å². The van der Waals surface area contributed by atoms with Gasteiger partial charge in [-0.1, -0.05) is 47.5 Å². The van der Waals surface area contributed by atoms with Gasteiger partial charge < -0.3 is 5.32 Å². The fourth-order valence-electron chi connectivity index (χ4n) is 2.50. The molecule has 3 aromatic rings. The zero-order chi connectivity index (χ0) is 17.8. The minimum Gasteiger partial charge on any atom is -0.321 e. The Morgan fingerprint density at radius 2 is 1.76 bits per heavy atom. The standard InChI is InChI=1S/C20H19N3O2/c1-14-6-8-17(9-7-14)21-20(25)18-10-11-19(24)23(22-18)13-16-5-3-4-15(2)12-16/h3-12H,13H2,1-2H3,(H,21,25). The molecule has 2 aromatic carbocycles. The highest BCUT2D eigenvalue weighted by Gasteiger charge is 2.10. The third-order valence-electron chi connectivity index (χ3n) is 3.82. The summed E-state index contributed by atoms with van der Waals surface area (Å²) in [4.78, 5) is 24.4. The molecule has 1 heterocycles. The number of anilines is 1. The highest BCUT2D eigenvalue weighted by Crippen LogP contribution is 2.10. The minimum absolute atomic E-state index is 0.202. The zero-order valence-electron chi connectivity index (χ0n) is 14.2. The van der Waals surface area contributed by atoms with Gasteiger partial charge in [0.1, 0.15) is 5.69 Å². The summed E-state index contributed by atoms with van der Waals surface area (Å²) in [5, 5.41) is 6.99. The monoisotopic (exact) mass is 333 g/mol. The Balaban J connectivity index is 1.82. The Bertz CT molecular complexity index is 959. The Labute approximate surface area is 145 Å². The van der Waals surface area contributed by atoms with E-state index in [1.165, 1.54) is 16.8 Å². The topological polar surface area (TPSA) is 64.0 Å². The maximum Gasteiger partial charge on any atom is 0.276 e. The number of aromatic nitrogens is 2. The van der Waals surface area contributed by atoms with Crippen molar-refractivity contribution in [3.05, 3.63) is 93.4 Å². The summed E-state index contributed by atoms with van der Waals surface area (Å²) in [5.41, 5.74) is 3.84. The number of carbonyl (C=O) groups excluding carboxylic acids is 1. The average molecular weight is 333 g/mol. The van der Waals surface area contributed by atoms with Crippen LogP contribution in [0.25, 0.3) is 0 Å². The molecule has 5 heteroatoms. The number of rotatable bonds is 4. The lowest BCUT2D eigenvalue weighted by Gasteiger charge is -2.09. The highest BCUT2D eigenvalue weighted by molar-refractivity contribution is 6.02. The number of benzene rings is 2. The second-order valence-corrected chi connectivity index (χ2v) is 6.02. The van der Waals surface area contributed by atoms with E-state index in [-0.39, 0.29) is 17.2 Å². The first kappa shape index (κ1) is 16.6. The van der Waals surface area contributed by atoms with Crippen LogP contribution >= 0.6 is 0 Å². The molecule has 0 radical (unpaired) electrons. The Kier molecular flexibility index (Phi) is 4.75. The SMILES string of the molecule is Cc1ccc(NC(=O)c2ccc(=O)n(Cc3cccc(C)c3)n2)cc1. The molecule has 0 aliphatic heterocycles. The van der Waals surface area contributed by atoms with E-state index in [4.69, 9.17) is 0 Å². The van der Waals surface area contributed by atoms with Crippen LogP contribution in [0.3, 0.4) is 0 Å². The lowest BCUT2D eigenvalue weighted by atomic mass is 10.1. The van der Waals surface area contributed by atoms with Gasteiger partial charge in [-0.15, -0.1) is 0 Å². The van der Waals surface area contributed by atoms with Gasteiger partial charge in [0.05, 0.1) is 6.54 Å². The molecule has 1 amide bonds. The summed E-state index contributed by atoms with van der Waals surface area (Å²) < 4.78 is 1.30. The van der Waals surface area contributed by atoms with Crippen molar-refractivity contribution in [1.29, 1.82) is 0 Å². The van der Waals surface area contributed by atoms with Gasteiger partial charge in [-0.2, -0.15) is 5.10 Å². The summed E-state index contributed by atoms with van der Waals surface area (Å²) in [6.45, 7) is 4.30. The third-order valence-corrected chi connectivity index (χ3v) is 3.82. The van der Waals surface area contributed by atoms with Gasteiger partial charge in [-0.05, 0) is 37.6 Å². The summed E-state index contributed by atoms with van der Waals surface area (Å²) in [5.74, 6) is -0.346. The largest absolute Gasteiger partial charge is 0.321 e. The number of carbonyl (C=O) groups is 1. The maximum absolute atomic E-state index is 12.4. The second-order valence-electron chi connectivity index (χ2n) is 6.02. The van der Waals surface area contributed by atoms with Gasteiger partial charge in [0.15, 0.2) is 0 Å². The van der Waals surface area contributed by atoms with Gasteiger partial charge in [0, 0.05) is 11.8 Å². The Morgan fingerprint density at radius 3 is 2.48 bits per heavy atom. The first-order chi connectivity index (χ1) is 12.0. The van der Waals surface area contributed by atoms with Crippen molar-refractivity contribution in [2.24, 2.45) is 0 Å². The van der Waals surface area contributed by atoms with Crippen molar-refractivity contribution in [1.82, 2.24) is 9.78 Å². The van der Waals surface area contributed by atoms with Crippen molar-refractivity contribution in [2.45, 2.75) is 20.4 Å². The van der Waals surface area contributed by atoms with Crippen molar-refractivity contribution in [3.63, 3.8) is 0 Å². The molecule has 0 aliphatic carbocycles. The molecule has 0 spiro atoms. The molecule has 0 aliphatic rings. The van der Waals surface area contributed by atoms with E-state index in [1.54, 1.807) is 0 Å². The molecule has 1 aromatic heterocycles. The van der Waals surface area contributed by atoms with Crippen LogP contribution in [-0.4, -0.2) is 15.7 Å². The first-order valence-electron chi connectivity index (χ1n) is 8.03. The van der Waals surface area contributed by atoms with E-state index in [0.717, 1.165) is 16.7 Å². The van der Waals surface area contributed by atoms with Crippen LogP contribution in [0.1, 0.15) is 27.2 Å². The lowest BCUT2D eigenvalue weighted by molar-refractivity contribution is 0.102. The molecule has 0 fully saturated rings. The van der Waals surface area contributed by atoms with E-state index in [0.29, 0.717) is 12.2 Å². The number of hydrogen-bond acceptors (Lipinski definition) is 3. The zero-order valence-corrected chi connectivity index (χ0v) is 14.2. The van der Waals surface area contributed by atoms with Crippen molar-refractivity contribution in [2.75, 3.05) is 5.32 Å². The van der Waals surface area contributed by atoms with E-state index >= 15 is 0 Å². The predicted molar refractivity (Wildman–Crippen MR) is 97.9 cm³/mol. The van der Waals surface area contributed by atoms with Crippen molar-refractivity contribution in [3.8, 4) is 0 Å². The molecule has 0 unspecified atom stereocenters. The van der Waals surface area contributed by atoms with Crippen LogP contribution in [0.4, 0.5) is 5.69 Å². The molecule has 3 rings (SSSR count). The molecular formula is C20H19N3O2. The van der Waals surface area contributed by atoms with Crippen LogP contribution in [-0.2, 0) is 6.54 Å². The van der Waals surface area contributed by atoms with Gasteiger partial charge in [0.2, 0.25) is 0 Å². The summed E-state index contributed by atoms with van der Waals surface area (Å²) in [6.07, 6.45) is 0. The molecule has 5 nitrogen and oxygen atoms in total. The molecule has 0 atom stereocenters. The van der Waals surface area contributed by atoms with Crippen LogP contribution in [0.15, 0.2) is 65.5 Å². The van der Waals surface area contributed by atoms with Crippen LogP contribution < -0.4 is 10.9 Å². The number of hydrogen-bond donors (Lipinski definition) is 1. The third kappa shape index (κ3) is 4.20. The quantitative estimate of drug-likeness (QED) is 0.798. The highest BCUT2D eigenvalue weighted by atomic mass is 16.2. The second kappa shape index (κ2) is 7.13. The van der Waals surface area contributed by atoms with E-state index in [2.05, 4.69) is 10.4 Å². The van der Waals surface area contributed by atoms with Crippen LogP contribution in [0, 0.1) is 13.8 Å². The van der Waals surface area contributed by atoms with Crippen molar-refractivity contribution >= 4 is 11.6 Å². The predicted octanol–water partition coefficient (Wildman–Crippen LogP) is 3.16. The molecular weight excluding hydrogens is 314 g/mol. The smallest absolute Gasteiger partial charge is 0.276 e. The average Bonchev–Trinajstić information content (AvgIpc) is 2.59. The summed E-state index contributed by atoms with van der Waals surface area (Å²) in [7, 11) is 0. The van der Waals surface area contributed by atoms with E-state index in [1.807, 2.05) is 62.4 Å². The lowest BCUT2D eigenvalue weighted by Crippen LogP contribution is -2.26. The van der Waals surface area contributed by atoms with Gasteiger partial charge in [-0.3, -0.25) is 9.59 Å². The Morgan fingerprint density at radius 1 is 1.00 bits per heavy atom. The normalized spacial score (nSPS) is 10.5. The Hall–Kier alpha value is -3.21. The number of aryl methyl sites for hydroxylation is 2. The molecule has 126 valence electrons.